The van der Waals surface area contributed by atoms with Crippen LogP contribution < -0.4 is 5.32 Å². The third kappa shape index (κ3) is 4.58. The van der Waals surface area contributed by atoms with Gasteiger partial charge in [-0.3, -0.25) is 4.79 Å². The molecule has 1 aromatic heterocycles. The molecular weight excluding hydrogens is 348 g/mol. The number of nitrogens with one attached hydrogen (secondary N) is 1. The van der Waals surface area contributed by atoms with Crippen molar-refractivity contribution < 1.29 is 4.79 Å². The molecule has 132 valence electrons. The van der Waals surface area contributed by atoms with Crippen LogP contribution in [-0.4, -0.2) is 27.8 Å². The number of hydrogen-bond acceptors (Lipinski definition) is 4. The molecule has 0 aliphatic carbocycles. The van der Waals surface area contributed by atoms with Gasteiger partial charge in [0.15, 0.2) is 0 Å². The van der Waals surface area contributed by atoms with Gasteiger partial charge < -0.3 is 10.2 Å². The van der Waals surface area contributed by atoms with Gasteiger partial charge in [-0.1, -0.05) is 60.1 Å². The zero-order chi connectivity index (χ0) is 18.4. The van der Waals surface area contributed by atoms with Crippen LogP contribution >= 0.6 is 11.6 Å². The predicted molar refractivity (Wildman–Crippen MR) is 103 cm³/mol. The molecule has 3 aromatic rings. The molecule has 5 nitrogen and oxygen atoms in total. The monoisotopic (exact) mass is 366 g/mol. The van der Waals surface area contributed by atoms with Gasteiger partial charge in [-0.05, 0) is 23.3 Å². The highest BCUT2D eigenvalue weighted by atomic mass is 35.5. The van der Waals surface area contributed by atoms with E-state index in [4.69, 9.17) is 11.6 Å². The van der Waals surface area contributed by atoms with Gasteiger partial charge in [-0.2, -0.15) is 0 Å². The summed E-state index contributed by atoms with van der Waals surface area (Å²) in [5, 5.41) is 3.78. The minimum Gasteiger partial charge on any atom is -0.350 e. The standard InChI is InChI=1S/C20H19ClN4O/c1-25(14-15-7-3-2-4-8-15)19(26)18-11-12-22-20(24-18)23-13-16-9-5-6-10-17(16)21/h2-12H,13-14H2,1H3,(H,22,23,24). The molecular formula is C20H19ClN4O. The molecule has 0 bridgehead atoms. The van der Waals surface area contributed by atoms with Gasteiger partial charge in [-0.15, -0.1) is 0 Å². The lowest BCUT2D eigenvalue weighted by atomic mass is 10.2. The number of nitrogens with zero attached hydrogens (tertiary/aromatic N) is 3. The molecule has 0 aliphatic heterocycles. The van der Waals surface area contributed by atoms with Crippen LogP contribution in [0.25, 0.3) is 0 Å². The largest absolute Gasteiger partial charge is 0.350 e. The molecule has 0 atom stereocenters. The number of halogens is 1. The van der Waals surface area contributed by atoms with Gasteiger partial charge in [0, 0.05) is 31.4 Å². The Morgan fingerprint density at radius 2 is 1.81 bits per heavy atom. The Bertz CT molecular complexity index is 886. The Morgan fingerprint density at radius 1 is 1.08 bits per heavy atom. The van der Waals surface area contributed by atoms with Crippen molar-refractivity contribution >= 4 is 23.5 Å². The Kier molecular flexibility index (Phi) is 5.81. The van der Waals surface area contributed by atoms with Gasteiger partial charge in [0.2, 0.25) is 5.95 Å². The van der Waals surface area contributed by atoms with E-state index in [0.29, 0.717) is 29.8 Å². The SMILES string of the molecule is CN(Cc1ccccc1)C(=O)c1ccnc(NCc2ccccc2Cl)n1. The summed E-state index contributed by atoms with van der Waals surface area (Å²) in [6.45, 7) is 1.00. The average molecular weight is 367 g/mol. The highest BCUT2D eigenvalue weighted by molar-refractivity contribution is 6.31. The second-order valence-electron chi connectivity index (χ2n) is 5.86. The van der Waals surface area contributed by atoms with Crippen molar-refractivity contribution in [3.05, 3.63) is 88.7 Å². The minimum atomic E-state index is -0.156. The number of anilines is 1. The fraction of sp³-hybridized carbons (Fsp3) is 0.150. The second kappa shape index (κ2) is 8.45. The molecule has 3 rings (SSSR count). The molecule has 26 heavy (non-hydrogen) atoms. The van der Waals surface area contributed by atoms with E-state index in [0.717, 1.165) is 11.1 Å². The summed E-state index contributed by atoms with van der Waals surface area (Å²) >= 11 is 6.15. The number of aromatic nitrogens is 2. The average Bonchev–Trinajstić information content (AvgIpc) is 2.68. The second-order valence-corrected chi connectivity index (χ2v) is 6.26. The van der Waals surface area contributed by atoms with Crippen LogP contribution in [0, 0.1) is 0 Å². The van der Waals surface area contributed by atoms with Crippen molar-refractivity contribution in [3.63, 3.8) is 0 Å². The van der Waals surface area contributed by atoms with Crippen LogP contribution in [0.3, 0.4) is 0 Å². The molecule has 1 amide bonds. The van der Waals surface area contributed by atoms with Gasteiger partial charge in [0.05, 0.1) is 0 Å². The number of amides is 1. The van der Waals surface area contributed by atoms with Crippen LogP contribution in [0.5, 0.6) is 0 Å². The summed E-state index contributed by atoms with van der Waals surface area (Å²) in [5.74, 6) is 0.237. The summed E-state index contributed by atoms with van der Waals surface area (Å²) < 4.78 is 0. The van der Waals surface area contributed by atoms with Gasteiger partial charge in [-0.25, -0.2) is 9.97 Å². The summed E-state index contributed by atoms with van der Waals surface area (Å²) in [6, 6.07) is 19.0. The first kappa shape index (κ1) is 17.9. The van der Waals surface area contributed by atoms with E-state index in [9.17, 15) is 4.79 Å². The lowest BCUT2D eigenvalue weighted by molar-refractivity contribution is 0.0779. The quantitative estimate of drug-likeness (QED) is 0.716. The molecule has 0 unspecified atom stereocenters. The highest BCUT2D eigenvalue weighted by Crippen LogP contribution is 2.16. The zero-order valence-corrected chi connectivity index (χ0v) is 15.1. The summed E-state index contributed by atoms with van der Waals surface area (Å²) in [5.41, 5.74) is 2.35. The number of hydrogen-bond donors (Lipinski definition) is 1. The van der Waals surface area contributed by atoms with E-state index in [1.54, 1.807) is 24.2 Å². The molecule has 0 saturated heterocycles. The number of rotatable bonds is 6. The van der Waals surface area contributed by atoms with Crippen LogP contribution in [0.4, 0.5) is 5.95 Å². The first-order valence-corrected chi connectivity index (χ1v) is 8.61. The summed E-state index contributed by atoms with van der Waals surface area (Å²) in [6.07, 6.45) is 1.57. The van der Waals surface area contributed by atoms with E-state index in [1.165, 1.54) is 0 Å². The normalized spacial score (nSPS) is 10.4. The molecule has 0 radical (unpaired) electrons. The lowest BCUT2D eigenvalue weighted by Gasteiger charge is -2.17. The maximum absolute atomic E-state index is 12.6. The van der Waals surface area contributed by atoms with Crippen molar-refractivity contribution in [2.24, 2.45) is 0 Å². The third-order valence-corrected chi connectivity index (χ3v) is 4.25. The zero-order valence-electron chi connectivity index (χ0n) is 14.4. The Hall–Kier alpha value is -2.92. The molecule has 1 N–H and O–H groups in total. The van der Waals surface area contributed by atoms with Crippen LogP contribution in [0.15, 0.2) is 66.9 Å². The van der Waals surface area contributed by atoms with E-state index < -0.39 is 0 Å². The van der Waals surface area contributed by atoms with E-state index in [2.05, 4.69) is 15.3 Å². The van der Waals surface area contributed by atoms with Crippen molar-refractivity contribution in [2.75, 3.05) is 12.4 Å². The lowest BCUT2D eigenvalue weighted by Crippen LogP contribution is -2.27. The van der Waals surface area contributed by atoms with Gasteiger partial charge >= 0.3 is 0 Å². The molecule has 2 aromatic carbocycles. The fourth-order valence-electron chi connectivity index (χ4n) is 2.50. The van der Waals surface area contributed by atoms with Crippen molar-refractivity contribution in [2.45, 2.75) is 13.1 Å². The van der Waals surface area contributed by atoms with E-state index >= 15 is 0 Å². The number of carbonyl (C=O) groups is 1. The summed E-state index contributed by atoms with van der Waals surface area (Å²) in [7, 11) is 1.76. The third-order valence-electron chi connectivity index (χ3n) is 3.88. The molecule has 0 aliphatic rings. The minimum absolute atomic E-state index is 0.156. The Balaban J connectivity index is 1.66. The van der Waals surface area contributed by atoms with E-state index in [-0.39, 0.29) is 5.91 Å². The molecule has 0 saturated carbocycles. The predicted octanol–water partition coefficient (Wildman–Crippen LogP) is 4.01. The molecule has 0 fully saturated rings. The number of carbonyl (C=O) groups excluding carboxylic acids is 1. The number of benzene rings is 2. The maximum Gasteiger partial charge on any atom is 0.272 e. The fourth-order valence-corrected chi connectivity index (χ4v) is 2.71. The van der Waals surface area contributed by atoms with Crippen molar-refractivity contribution in [1.82, 2.24) is 14.9 Å². The van der Waals surface area contributed by atoms with Crippen LogP contribution in [0.1, 0.15) is 21.6 Å². The van der Waals surface area contributed by atoms with Gasteiger partial charge in [0.1, 0.15) is 5.69 Å². The topological polar surface area (TPSA) is 58.1 Å². The van der Waals surface area contributed by atoms with Crippen molar-refractivity contribution in [1.29, 1.82) is 0 Å². The molecule has 0 spiro atoms. The summed E-state index contributed by atoms with van der Waals surface area (Å²) in [4.78, 5) is 22.7. The van der Waals surface area contributed by atoms with E-state index in [1.807, 2.05) is 54.6 Å². The Labute approximate surface area is 157 Å². The molecule has 6 heteroatoms. The van der Waals surface area contributed by atoms with Gasteiger partial charge in [0.25, 0.3) is 5.91 Å². The first-order valence-electron chi connectivity index (χ1n) is 8.23. The highest BCUT2D eigenvalue weighted by Gasteiger charge is 2.14. The smallest absolute Gasteiger partial charge is 0.272 e. The first-order chi connectivity index (χ1) is 12.6. The van der Waals surface area contributed by atoms with Crippen molar-refractivity contribution in [3.8, 4) is 0 Å². The Morgan fingerprint density at radius 3 is 2.58 bits per heavy atom. The van der Waals surface area contributed by atoms with Crippen LogP contribution in [0.2, 0.25) is 5.02 Å². The maximum atomic E-state index is 12.6. The van der Waals surface area contributed by atoms with Crippen LogP contribution in [-0.2, 0) is 13.1 Å². The molecule has 1 heterocycles.